The van der Waals surface area contributed by atoms with Gasteiger partial charge in [0, 0.05) is 0 Å². The Hall–Kier alpha value is -3.46. The van der Waals surface area contributed by atoms with E-state index in [0.29, 0.717) is 0 Å². The zero-order chi connectivity index (χ0) is 20.8. The second-order valence-electron chi connectivity index (χ2n) is 6.23. The average molecular weight is 411 g/mol. The van der Waals surface area contributed by atoms with Gasteiger partial charge < -0.3 is 15.5 Å². The predicted octanol–water partition coefficient (Wildman–Crippen LogP) is 2.38. The van der Waals surface area contributed by atoms with E-state index in [1.165, 1.54) is 6.21 Å². The van der Waals surface area contributed by atoms with Crippen molar-refractivity contribution in [3.63, 3.8) is 0 Å². The Kier molecular flexibility index (Phi) is 6.40. The van der Waals surface area contributed by atoms with Gasteiger partial charge in [0.05, 0.1) is 19.1 Å². The molecule has 1 amide bonds. The predicted molar refractivity (Wildman–Crippen MR) is 110 cm³/mol. The van der Waals surface area contributed by atoms with Crippen molar-refractivity contribution in [1.82, 2.24) is 5.32 Å². The summed E-state index contributed by atoms with van der Waals surface area (Å²) in [4.78, 5) is 33.1. The van der Waals surface area contributed by atoms with E-state index in [-0.39, 0.29) is 23.9 Å². The Morgan fingerprint density at radius 2 is 1.62 bits per heavy atom. The molecule has 0 spiro atoms. The van der Waals surface area contributed by atoms with E-state index in [0.717, 1.165) is 34.0 Å². The number of nitrogens with one attached hydrogen (secondary N) is 1. The molecule has 1 atom stereocenters. The fourth-order valence-electron chi connectivity index (χ4n) is 2.64. The SMILES string of the molecule is O=C(O)Cc1ccc(-c2ccc(C=NN=C3NC(=O)C(CC(=O)O)S3)cc2)cc1. The number of amides is 1. The van der Waals surface area contributed by atoms with Crippen LogP contribution in [0.1, 0.15) is 17.5 Å². The van der Waals surface area contributed by atoms with E-state index < -0.39 is 17.2 Å². The van der Waals surface area contributed by atoms with Gasteiger partial charge >= 0.3 is 11.9 Å². The molecule has 9 heteroatoms. The van der Waals surface area contributed by atoms with Crippen molar-refractivity contribution in [2.75, 3.05) is 0 Å². The zero-order valence-corrected chi connectivity index (χ0v) is 15.9. The number of rotatable bonds is 7. The normalized spacial score (nSPS) is 17.6. The molecule has 1 fully saturated rings. The van der Waals surface area contributed by atoms with Crippen molar-refractivity contribution in [3.05, 3.63) is 59.7 Å². The number of benzene rings is 2. The number of carboxylic acids is 2. The van der Waals surface area contributed by atoms with Gasteiger partial charge in [-0.3, -0.25) is 14.4 Å². The summed E-state index contributed by atoms with van der Waals surface area (Å²) in [7, 11) is 0. The lowest BCUT2D eigenvalue weighted by atomic mass is 10.0. The highest BCUT2D eigenvalue weighted by atomic mass is 32.2. The zero-order valence-electron chi connectivity index (χ0n) is 15.1. The second kappa shape index (κ2) is 9.16. The summed E-state index contributed by atoms with van der Waals surface area (Å²) in [6.45, 7) is 0. The number of nitrogens with zero attached hydrogens (tertiary/aromatic N) is 2. The lowest BCUT2D eigenvalue weighted by Gasteiger charge is -2.04. The number of amidine groups is 1. The summed E-state index contributed by atoms with van der Waals surface area (Å²) in [5, 5.41) is 27.5. The van der Waals surface area contributed by atoms with Crippen LogP contribution in [0.15, 0.2) is 58.7 Å². The molecule has 3 N–H and O–H groups in total. The van der Waals surface area contributed by atoms with Crippen molar-refractivity contribution in [2.45, 2.75) is 18.1 Å². The van der Waals surface area contributed by atoms with Crippen molar-refractivity contribution in [1.29, 1.82) is 0 Å². The van der Waals surface area contributed by atoms with Crippen LogP contribution in [0.2, 0.25) is 0 Å². The smallest absolute Gasteiger partial charge is 0.307 e. The number of thioether (sulfide) groups is 1. The van der Waals surface area contributed by atoms with E-state index in [1.807, 2.05) is 36.4 Å². The van der Waals surface area contributed by atoms with Gasteiger partial charge in [0.2, 0.25) is 5.91 Å². The summed E-state index contributed by atoms with van der Waals surface area (Å²) in [5.74, 6) is -2.29. The first-order chi connectivity index (χ1) is 13.9. The van der Waals surface area contributed by atoms with Crippen molar-refractivity contribution >= 4 is 41.0 Å². The number of hydrogen-bond acceptors (Lipinski definition) is 6. The quantitative estimate of drug-likeness (QED) is 0.474. The van der Waals surface area contributed by atoms with Crippen LogP contribution in [0.3, 0.4) is 0 Å². The van der Waals surface area contributed by atoms with E-state index in [4.69, 9.17) is 10.2 Å². The summed E-state index contributed by atoms with van der Waals surface area (Å²) < 4.78 is 0. The Morgan fingerprint density at radius 1 is 1.00 bits per heavy atom. The van der Waals surface area contributed by atoms with Gasteiger partial charge in [-0.25, -0.2) is 0 Å². The minimum absolute atomic E-state index is 0.00597. The molecule has 29 heavy (non-hydrogen) atoms. The fraction of sp³-hybridized carbons (Fsp3) is 0.150. The number of carboxylic acid groups (broad SMARTS) is 2. The highest BCUT2D eigenvalue weighted by Crippen LogP contribution is 2.23. The largest absolute Gasteiger partial charge is 0.481 e. The van der Waals surface area contributed by atoms with Crippen LogP contribution < -0.4 is 5.32 Å². The monoisotopic (exact) mass is 411 g/mol. The number of aliphatic carboxylic acids is 2. The molecular formula is C20H17N3O5S. The van der Waals surface area contributed by atoms with Crippen molar-refractivity contribution in [3.8, 4) is 11.1 Å². The summed E-state index contributed by atoms with van der Waals surface area (Å²) in [6, 6.07) is 14.9. The Morgan fingerprint density at radius 3 is 2.21 bits per heavy atom. The summed E-state index contributed by atoms with van der Waals surface area (Å²) >= 11 is 1.04. The molecule has 0 aromatic heterocycles. The molecule has 0 radical (unpaired) electrons. The van der Waals surface area contributed by atoms with Crippen LogP contribution in [0.4, 0.5) is 0 Å². The number of carbonyl (C=O) groups excluding carboxylic acids is 1. The molecule has 1 heterocycles. The molecule has 3 rings (SSSR count). The second-order valence-corrected chi connectivity index (χ2v) is 7.42. The molecule has 8 nitrogen and oxygen atoms in total. The molecule has 1 aliphatic heterocycles. The molecule has 1 saturated heterocycles. The molecule has 1 unspecified atom stereocenters. The molecule has 1 aliphatic rings. The third kappa shape index (κ3) is 5.76. The molecule has 0 aliphatic carbocycles. The van der Waals surface area contributed by atoms with Crippen LogP contribution in [0.25, 0.3) is 11.1 Å². The third-order valence-electron chi connectivity index (χ3n) is 4.05. The van der Waals surface area contributed by atoms with Crippen molar-refractivity contribution in [2.24, 2.45) is 10.2 Å². The number of hydrogen-bond donors (Lipinski definition) is 3. The minimum atomic E-state index is -1.04. The average Bonchev–Trinajstić information content (AvgIpc) is 3.01. The topological polar surface area (TPSA) is 128 Å². The molecule has 2 aromatic carbocycles. The van der Waals surface area contributed by atoms with Gasteiger partial charge in [-0.15, -0.1) is 5.10 Å². The van der Waals surface area contributed by atoms with Crippen LogP contribution in [0.5, 0.6) is 0 Å². The summed E-state index contributed by atoms with van der Waals surface area (Å²) in [5.41, 5.74) is 3.49. The molecular weight excluding hydrogens is 394 g/mol. The Labute approximate surface area is 170 Å². The van der Waals surface area contributed by atoms with E-state index >= 15 is 0 Å². The maximum atomic E-state index is 11.6. The molecule has 0 bridgehead atoms. The van der Waals surface area contributed by atoms with Crippen LogP contribution in [-0.4, -0.2) is 44.7 Å². The van der Waals surface area contributed by atoms with Crippen LogP contribution in [0, 0.1) is 0 Å². The molecule has 148 valence electrons. The highest BCUT2D eigenvalue weighted by molar-refractivity contribution is 8.15. The van der Waals surface area contributed by atoms with Gasteiger partial charge in [-0.05, 0) is 22.3 Å². The van der Waals surface area contributed by atoms with Crippen LogP contribution in [-0.2, 0) is 20.8 Å². The highest BCUT2D eigenvalue weighted by Gasteiger charge is 2.32. The standard InChI is InChI=1S/C20H17N3O5S/c24-17(25)9-12-1-5-14(6-2-12)15-7-3-13(4-8-15)11-21-23-20-22-19(28)16(29-20)10-18(26)27/h1-8,11,16H,9-10H2,(H,24,25)(H,26,27)(H,22,23,28). The first-order valence-electron chi connectivity index (χ1n) is 8.62. The van der Waals surface area contributed by atoms with E-state index in [2.05, 4.69) is 15.5 Å². The van der Waals surface area contributed by atoms with Crippen molar-refractivity contribution < 1.29 is 24.6 Å². The maximum absolute atomic E-state index is 11.6. The minimum Gasteiger partial charge on any atom is -0.481 e. The van der Waals surface area contributed by atoms with Gasteiger partial charge in [-0.2, -0.15) is 5.10 Å². The third-order valence-corrected chi connectivity index (χ3v) is 5.12. The lowest BCUT2D eigenvalue weighted by Crippen LogP contribution is -2.26. The van der Waals surface area contributed by atoms with Gasteiger partial charge in [-0.1, -0.05) is 60.3 Å². The first kappa shape index (κ1) is 20.3. The van der Waals surface area contributed by atoms with Gasteiger partial charge in [0.1, 0.15) is 5.25 Å². The van der Waals surface area contributed by atoms with Gasteiger partial charge in [0.15, 0.2) is 5.17 Å². The lowest BCUT2D eigenvalue weighted by molar-refractivity contribution is -0.138. The molecule has 2 aromatic rings. The Balaban J connectivity index is 1.61. The first-order valence-corrected chi connectivity index (χ1v) is 9.50. The molecule has 0 saturated carbocycles. The Bertz CT molecular complexity index is 984. The number of carbonyl (C=O) groups is 3. The van der Waals surface area contributed by atoms with Crippen LogP contribution >= 0.6 is 11.8 Å². The fourth-order valence-corrected chi connectivity index (χ4v) is 3.56. The van der Waals surface area contributed by atoms with E-state index in [9.17, 15) is 14.4 Å². The maximum Gasteiger partial charge on any atom is 0.307 e. The van der Waals surface area contributed by atoms with Gasteiger partial charge in [0.25, 0.3) is 0 Å². The van der Waals surface area contributed by atoms with E-state index in [1.54, 1.807) is 12.1 Å². The summed E-state index contributed by atoms with van der Waals surface area (Å²) in [6.07, 6.45) is 1.26.